The van der Waals surface area contributed by atoms with Crippen molar-refractivity contribution in [2.45, 2.75) is 9.79 Å². The van der Waals surface area contributed by atoms with Crippen LogP contribution in [0.4, 0.5) is 11.4 Å². The SMILES string of the molecule is O=C(O)c1cc(-c2ccccc2)ccc1C(=O)Nc1cccc(S(=O)(=O)c2cccc(NC(=O)c3ccc(-c4ccccc4)cc3C(=O)O)c2)c1. The summed E-state index contributed by atoms with van der Waals surface area (Å²) in [6.07, 6.45) is 0. The molecule has 6 rings (SSSR count). The van der Waals surface area contributed by atoms with Crippen molar-refractivity contribution < 1.29 is 37.8 Å². The van der Waals surface area contributed by atoms with Gasteiger partial charge in [-0.3, -0.25) is 9.59 Å². The van der Waals surface area contributed by atoms with Crippen LogP contribution in [0, 0.1) is 0 Å². The van der Waals surface area contributed by atoms with Crippen molar-refractivity contribution in [2.24, 2.45) is 0 Å². The van der Waals surface area contributed by atoms with Crippen LogP contribution in [-0.2, 0) is 9.84 Å². The van der Waals surface area contributed by atoms with Gasteiger partial charge in [-0.1, -0.05) is 84.9 Å². The monoisotopic (exact) mass is 696 g/mol. The molecule has 0 aliphatic heterocycles. The van der Waals surface area contributed by atoms with Crippen LogP contribution in [0.2, 0.25) is 0 Å². The van der Waals surface area contributed by atoms with Crippen molar-refractivity contribution >= 4 is 45.0 Å². The quantitative estimate of drug-likeness (QED) is 0.113. The standard InChI is InChI=1S/C40H28N2O8S/c43-37(33-19-17-27(21-35(33)39(45)46)25-9-3-1-4-10-25)41-29-13-7-15-31(23-29)51(49,50)32-16-8-14-30(24-32)42-38(44)34-20-18-28(22-36(34)40(47)48)26-11-5-2-6-12-26/h1-24H,(H,41,43)(H,42,44)(H,45,46)(H,47,48). The molecule has 6 aromatic carbocycles. The first-order valence-corrected chi connectivity index (χ1v) is 16.9. The smallest absolute Gasteiger partial charge is 0.336 e. The number of amides is 2. The molecule has 0 aliphatic carbocycles. The Hall–Kier alpha value is -6.85. The molecule has 0 bridgehead atoms. The van der Waals surface area contributed by atoms with Gasteiger partial charge in [-0.15, -0.1) is 0 Å². The number of anilines is 2. The van der Waals surface area contributed by atoms with Crippen LogP contribution in [0.15, 0.2) is 155 Å². The van der Waals surface area contributed by atoms with Gasteiger partial charge < -0.3 is 20.8 Å². The molecule has 0 heterocycles. The van der Waals surface area contributed by atoms with Crippen LogP contribution in [0.25, 0.3) is 22.3 Å². The molecule has 10 nitrogen and oxygen atoms in total. The third-order valence-corrected chi connectivity index (χ3v) is 9.76. The maximum Gasteiger partial charge on any atom is 0.336 e. The first-order chi connectivity index (χ1) is 24.5. The van der Waals surface area contributed by atoms with Gasteiger partial charge in [-0.2, -0.15) is 0 Å². The molecule has 252 valence electrons. The molecule has 0 radical (unpaired) electrons. The predicted molar refractivity (Wildman–Crippen MR) is 192 cm³/mol. The van der Waals surface area contributed by atoms with E-state index in [1.807, 2.05) is 60.7 Å². The Morgan fingerprint density at radius 1 is 0.412 bits per heavy atom. The molecule has 0 unspecified atom stereocenters. The average molecular weight is 697 g/mol. The second kappa shape index (κ2) is 14.3. The lowest BCUT2D eigenvalue weighted by Gasteiger charge is -2.13. The number of aromatic carboxylic acids is 2. The Morgan fingerprint density at radius 2 is 0.804 bits per heavy atom. The van der Waals surface area contributed by atoms with Crippen molar-refractivity contribution in [3.8, 4) is 22.3 Å². The van der Waals surface area contributed by atoms with Gasteiger partial charge in [0.25, 0.3) is 11.8 Å². The zero-order chi connectivity index (χ0) is 36.1. The molecule has 0 spiro atoms. The van der Waals surface area contributed by atoms with Gasteiger partial charge in [0, 0.05) is 11.4 Å². The summed E-state index contributed by atoms with van der Waals surface area (Å²) in [4.78, 5) is 50.3. The Morgan fingerprint density at radius 3 is 1.18 bits per heavy atom. The Labute approximate surface area is 292 Å². The molecular formula is C40H28N2O8S. The zero-order valence-electron chi connectivity index (χ0n) is 26.6. The van der Waals surface area contributed by atoms with E-state index < -0.39 is 33.6 Å². The number of rotatable bonds is 10. The van der Waals surface area contributed by atoms with Crippen molar-refractivity contribution in [3.63, 3.8) is 0 Å². The van der Waals surface area contributed by atoms with Crippen LogP contribution in [0.1, 0.15) is 41.4 Å². The first-order valence-electron chi connectivity index (χ1n) is 15.4. The number of nitrogens with one attached hydrogen (secondary N) is 2. The Kier molecular flexibility index (Phi) is 9.56. The van der Waals surface area contributed by atoms with Gasteiger partial charge >= 0.3 is 11.9 Å². The molecule has 0 fully saturated rings. The van der Waals surface area contributed by atoms with Crippen LogP contribution in [0.3, 0.4) is 0 Å². The normalized spacial score (nSPS) is 11.0. The van der Waals surface area contributed by atoms with Crippen LogP contribution in [0.5, 0.6) is 0 Å². The van der Waals surface area contributed by atoms with Crippen molar-refractivity contribution in [3.05, 3.63) is 168 Å². The maximum absolute atomic E-state index is 13.7. The van der Waals surface area contributed by atoms with E-state index in [0.717, 1.165) is 11.1 Å². The average Bonchev–Trinajstić information content (AvgIpc) is 3.15. The molecular weight excluding hydrogens is 669 g/mol. The lowest BCUT2D eigenvalue weighted by Crippen LogP contribution is -2.17. The Bertz CT molecular complexity index is 2260. The highest BCUT2D eigenvalue weighted by atomic mass is 32.2. The fourth-order valence-electron chi connectivity index (χ4n) is 5.47. The molecule has 0 aromatic heterocycles. The number of benzene rings is 6. The highest BCUT2D eigenvalue weighted by Crippen LogP contribution is 2.28. The minimum absolute atomic E-state index is 0.106. The van der Waals surface area contributed by atoms with Gasteiger partial charge in [-0.05, 0) is 82.9 Å². The number of carbonyl (C=O) groups excluding carboxylic acids is 2. The van der Waals surface area contributed by atoms with E-state index >= 15 is 0 Å². The number of carboxylic acid groups (broad SMARTS) is 2. The molecule has 2 amide bonds. The maximum atomic E-state index is 13.7. The summed E-state index contributed by atoms with van der Waals surface area (Å²) in [6.45, 7) is 0. The van der Waals surface area contributed by atoms with E-state index in [-0.39, 0.29) is 43.4 Å². The van der Waals surface area contributed by atoms with E-state index in [0.29, 0.717) is 11.1 Å². The van der Waals surface area contributed by atoms with Crippen LogP contribution >= 0.6 is 0 Å². The van der Waals surface area contributed by atoms with Gasteiger partial charge in [0.15, 0.2) is 0 Å². The zero-order valence-corrected chi connectivity index (χ0v) is 27.4. The predicted octanol–water partition coefficient (Wildman–Crippen LogP) is 7.75. The molecule has 4 N–H and O–H groups in total. The number of sulfone groups is 1. The van der Waals surface area contributed by atoms with E-state index in [1.165, 1.54) is 72.8 Å². The first kappa shape index (κ1) is 34.0. The van der Waals surface area contributed by atoms with E-state index in [2.05, 4.69) is 10.6 Å². The van der Waals surface area contributed by atoms with Gasteiger partial charge in [-0.25, -0.2) is 18.0 Å². The molecule has 0 saturated carbocycles. The minimum atomic E-state index is -4.19. The van der Waals surface area contributed by atoms with Crippen molar-refractivity contribution in [1.82, 2.24) is 0 Å². The third kappa shape index (κ3) is 7.43. The lowest BCUT2D eigenvalue weighted by atomic mass is 9.98. The molecule has 6 aromatic rings. The lowest BCUT2D eigenvalue weighted by molar-refractivity contribution is 0.0683. The summed E-state index contributed by atoms with van der Waals surface area (Å²) in [5.41, 5.74) is 2.31. The van der Waals surface area contributed by atoms with Crippen LogP contribution < -0.4 is 10.6 Å². The largest absolute Gasteiger partial charge is 0.478 e. The second-order valence-corrected chi connectivity index (χ2v) is 13.3. The van der Waals surface area contributed by atoms with Crippen LogP contribution in [-0.4, -0.2) is 42.4 Å². The van der Waals surface area contributed by atoms with Gasteiger partial charge in [0.1, 0.15) is 0 Å². The summed E-state index contributed by atoms with van der Waals surface area (Å²) < 4.78 is 27.4. The highest BCUT2D eigenvalue weighted by Gasteiger charge is 2.23. The summed E-state index contributed by atoms with van der Waals surface area (Å²) in [7, 11) is -4.19. The van der Waals surface area contributed by atoms with Crippen molar-refractivity contribution in [2.75, 3.05) is 10.6 Å². The summed E-state index contributed by atoms with van der Waals surface area (Å²) in [5.74, 6) is -4.10. The van der Waals surface area contributed by atoms with E-state index in [9.17, 15) is 37.8 Å². The third-order valence-electron chi connectivity index (χ3n) is 8.01. The molecule has 0 atom stereocenters. The molecule has 11 heteroatoms. The fraction of sp³-hybridized carbons (Fsp3) is 0. The topological polar surface area (TPSA) is 167 Å². The number of hydrogen-bond acceptors (Lipinski definition) is 6. The van der Waals surface area contributed by atoms with E-state index in [1.54, 1.807) is 12.1 Å². The Balaban J connectivity index is 1.22. The van der Waals surface area contributed by atoms with Gasteiger partial charge in [0.05, 0.1) is 32.0 Å². The summed E-state index contributed by atoms with van der Waals surface area (Å²) >= 11 is 0. The van der Waals surface area contributed by atoms with Crippen molar-refractivity contribution in [1.29, 1.82) is 0 Å². The highest BCUT2D eigenvalue weighted by molar-refractivity contribution is 7.91. The minimum Gasteiger partial charge on any atom is -0.478 e. The number of carboxylic acids is 2. The molecule has 0 aliphatic rings. The van der Waals surface area contributed by atoms with E-state index in [4.69, 9.17) is 0 Å². The molecule has 51 heavy (non-hydrogen) atoms. The number of carbonyl (C=O) groups is 4. The summed E-state index contributed by atoms with van der Waals surface area (Å²) in [6, 6.07) is 38.0. The second-order valence-electron chi connectivity index (χ2n) is 11.3. The molecule has 0 saturated heterocycles. The number of hydrogen-bond donors (Lipinski definition) is 4. The van der Waals surface area contributed by atoms with Gasteiger partial charge in [0.2, 0.25) is 9.84 Å². The summed E-state index contributed by atoms with van der Waals surface area (Å²) in [5, 5.41) is 24.9. The fourth-order valence-corrected chi connectivity index (χ4v) is 6.83.